The molecule has 0 spiro atoms. The summed E-state index contributed by atoms with van der Waals surface area (Å²) < 4.78 is 15.5. The molecule has 16 heavy (non-hydrogen) atoms. The first-order chi connectivity index (χ1) is 7.59. The zero-order valence-corrected chi connectivity index (χ0v) is 9.13. The van der Waals surface area contributed by atoms with Crippen molar-refractivity contribution < 1.29 is 24.4 Å². The van der Waals surface area contributed by atoms with E-state index in [-0.39, 0.29) is 6.61 Å². The van der Waals surface area contributed by atoms with Gasteiger partial charge in [-0.2, -0.15) is 0 Å². The molecule has 2 radical (unpaired) electrons. The molecular formula is C10H15BO5. The summed E-state index contributed by atoms with van der Waals surface area (Å²) in [5, 5.41) is 19.3. The fourth-order valence-electron chi connectivity index (χ4n) is 2.18. The lowest BCUT2D eigenvalue weighted by molar-refractivity contribution is -0.0179. The SMILES string of the molecule is [B][C@@H]1O[C@@]2(CO)C[C@]2(O)[C@H]1O/C=C\COC. The van der Waals surface area contributed by atoms with E-state index in [0.29, 0.717) is 13.0 Å². The van der Waals surface area contributed by atoms with Crippen molar-refractivity contribution in [3.05, 3.63) is 12.3 Å². The van der Waals surface area contributed by atoms with E-state index < -0.39 is 23.3 Å². The molecule has 1 heterocycles. The van der Waals surface area contributed by atoms with Gasteiger partial charge in [0.25, 0.3) is 0 Å². The van der Waals surface area contributed by atoms with Crippen LogP contribution in [0.1, 0.15) is 6.42 Å². The molecule has 4 atom stereocenters. The maximum Gasteiger partial charge on any atom is 0.147 e. The van der Waals surface area contributed by atoms with E-state index in [9.17, 15) is 5.11 Å². The fourth-order valence-corrected chi connectivity index (χ4v) is 2.18. The van der Waals surface area contributed by atoms with E-state index in [1.54, 1.807) is 13.2 Å². The van der Waals surface area contributed by atoms with E-state index in [0.717, 1.165) is 0 Å². The molecule has 1 saturated heterocycles. The zero-order chi connectivity index (χ0) is 11.8. The second-order valence-electron chi connectivity index (χ2n) is 4.22. The first-order valence-corrected chi connectivity index (χ1v) is 5.16. The quantitative estimate of drug-likeness (QED) is 0.461. The second-order valence-corrected chi connectivity index (χ2v) is 4.22. The maximum atomic E-state index is 10.2. The first-order valence-electron chi connectivity index (χ1n) is 5.16. The molecule has 1 saturated carbocycles. The highest BCUT2D eigenvalue weighted by Gasteiger charge is 2.78. The zero-order valence-electron chi connectivity index (χ0n) is 9.13. The Hall–Kier alpha value is -0.555. The number of aliphatic hydroxyl groups is 2. The molecule has 0 aromatic carbocycles. The van der Waals surface area contributed by atoms with Gasteiger partial charge >= 0.3 is 0 Å². The third kappa shape index (κ3) is 1.57. The van der Waals surface area contributed by atoms with Gasteiger partial charge in [0.05, 0.1) is 25.5 Å². The Kier molecular flexibility index (Phi) is 3.00. The molecule has 0 unspecified atom stereocenters. The summed E-state index contributed by atoms with van der Waals surface area (Å²) in [6.07, 6.45) is 2.80. The van der Waals surface area contributed by atoms with E-state index in [1.807, 2.05) is 0 Å². The first kappa shape index (κ1) is 11.9. The molecule has 0 aromatic heterocycles. The van der Waals surface area contributed by atoms with E-state index >= 15 is 0 Å². The summed E-state index contributed by atoms with van der Waals surface area (Å²) >= 11 is 0. The summed E-state index contributed by atoms with van der Waals surface area (Å²) in [7, 11) is 7.25. The van der Waals surface area contributed by atoms with Crippen molar-refractivity contribution in [3.63, 3.8) is 0 Å². The molecule has 2 aliphatic rings. The summed E-state index contributed by atoms with van der Waals surface area (Å²) in [6, 6.07) is -0.724. The smallest absolute Gasteiger partial charge is 0.147 e. The second kappa shape index (κ2) is 4.03. The lowest BCUT2D eigenvalue weighted by atomic mass is 9.91. The number of rotatable bonds is 5. The molecular weight excluding hydrogens is 211 g/mol. The van der Waals surface area contributed by atoms with Gasteiger partial charge in [-0.3, -0.25) is 0 Å². The fraction of sp³-hybridized carbons (Fsp3) is 0.800. The molecule has 0 aromatic rings. The number of fused-ring (bicyclic) bond motifs is 1. The van der Waals surface area contributed by atoms with E-state index in [2.05, 4.69) is 0 Å². The molecule has 5 nitrogen and oxygen atoms in total. The standard InChI is InChI=1S/C10H15BO5/c1-14-3-2-4-15-7-8(11)16-9(6-12)5-10(7,9)13/h2,4,7-8,12-13H,3,5-6H2,1H3/b4-2-/t7-,8+,9+,10-/m0/s1. The maximum absolute atomic E-state index is 10.2. The van der Waals surface area contributed by atoms with Gasteiger partial charge < -0.3 is 24.4 Å². The topological polar surface area (TPSA) is 68.2 Å². The van der Waals surface area contributed by atoms with Crippen molar-refractivity contribution in [2.24, 2.45) is 0 Å². The molecule has 1 aliphatic heterocycles. The molecule has 1 aliphatic carbocycles. The summed E-state index contributed by atoms with van der Waals surface area (Å²) in [6.45, 7) is 0.172. The Morgan fingerprint density at radius 3 is 2.94 bits per heavy atom. The van der Waals surface area contributed by atoms with Crippen molar-refractivity contribution in [2.45, 2.75) is 29.7 Å². The molecule has 2 N–H and O–H groups in total. The molecule has 2 rings (SSSR count). The molecule has 2 fully saturated rings. The van der Waals surface area contributed by atoms with Crippen LogP contribution in [0.4, 0.5) is 0 Å². The highest BCUT2D eigenvalue weighted by molar-refractivity contribution is 6.12. The van der Waals surface area contributed by atoms with Gasteiger partial charge in [-0.1, -0.05) is 0 Å². The normalized spacial score (nSPS) is 45.9. The van der Waals surface area contributed by atoms with Crippen molar-refractivity contribution in [1.82, 2.24) is 0 Å². The summed E-state index contributed by atoms with van der Waals surface area (Å²) in [5.41, 5.74) is -2.09. The number of ether oxygens (including phenoxy) is 3. The van der Waals surface area contributed by atoms with Crippen LogP contribution in [0.15, 0.2) is 12.3 Å². The lowest BCUT2D eigenvalue weighted by Crippen LogP contribution is -2.37. The minimum absolute atomic E-state index is 0.251. The van der Waals surface area contributed by atoms with Gasteiger partial charge in [0.15, 0.2) is 0 Å². The van der Waals surface area contributed by atoms with Crippen molar-refractivity contribution in [3.8, 4) is 0 Å². The minimum atomic E-state index is -1.17. The molecule has 6 heteroatoms. The monoisotopic (exact) mass is 226 g/mol. The largest absolute Gasteiger partial charge is 0.493 e. The van der Waals surface area contributed by atoms with E-state index in [1.165, 1.54) is 6.26 Å². The molecule has 88 valence electrons. The van der Waals surface area contributed by atoms with Gasteiger partial charge in [-0.05, 0) is 6.08 Å². The van der Waals surface area contributed by atoms with Gasteiger partial charge in [-0.25, -0.2) is 0 Å². The number of hydrogen-bond donors (Lipinski definition) is 2. The van der Waals surface area contributed by atoms with Crippen LogP contribution >= 0.6 is 0 Å². The Labute approximate surface area is 95.4 Å². The summed E-state index contributed by atoms with van der Waals surface area (Å²) in [4.78, 5) is 0. The van der Waals surface area contributed by atoms with Gasteiger partial charge in [0, 0.05) is 13.5 Å². The molecule has 0 bridgehead atoms. The van der Waals surface area contributed by atoms with Gasteiger partial charge in [-0.15, -0.1) is 0 Å². The minimum Gasteiger partial charge on any atom is -0.493 e. The van der Waals surface area contributed by atoms with Gasteiger partial charge in [0.1, 0.15) is 25.2 Å². The van der Waals surface area contributed by atoms with Crippen LogP contribution < -0.4 is 0 Å². The van der Waals surface area contributed by atoms with Crippen LogP contribution in [0.3, 0.4) is 0 Å². The van der Waals surface area contributed by atoms with Crippen molar-refractivity contribution in [2.75, 3.05) is 20.3 Å². The van der Waals surface area contributed by atoms with Gasteiger partial charge in [0.2, 0.25) is 0 Å². The third-order valence-electron chi connectivity index (χ3n) is 3.19. The van der Waals surface area contributed by atoms with Crippen LogP contribution in [0.25, 0.3) is 0 Å². The van der Waals surface area contributed by atoms with E-state index in [4.69, 9.17) is 27.2 Å². The van der Waals surface area contributed by atoms with Crippen LogP contribution in [0.5, 0.6) is 0 Å². The number of methoxy groups -OCH3 is 1. The predicted molar refractivity (Wildman–Crippen MR) is 55.9 cm³/mol. The highest BCUT2D eigenvalue weighted by atomic mass is 16.6. The summed E-state index contributed by atoms with van der Waals surface area (Å²) in [5.74, 6) is 0. The Morgan fingerprint density at radius 1 is 1.62 bits per heavy atom. The Bertz CT molecular complexity index is 297. The lowest BCUT2D eigenvalue weighted by Gasteiger charge is -2.20. The average molecular weight is 226 g/mol. The number of hydrogen-bond acceptors (Lipinski definition) is 5. The van der Waals surface area contributed by atoms with Crippen LogP contribution in [-0.2, 0) is 14.2 Å². The van der Waals surface area contributed by atoms with Crippen LogP contribution in [-0.4, -0.2) is 61.7 Å². The average Bonchev–Trinajstić information content (AvgIpc) is 2.78. The predicted octanol–water partition coefficient (Wildman–Crippen LogP) is -1.08. The molecule has 0 amide bonds. The third-order valence-corrected chi connectivity index (χ3v) is 3.19. The van der Waals surface area contributed by atoms with Crippen molar-refractivity contribution >= 4 is 7.85 Å². The highest BCUT2D eigenvalue weighted by Crippen LogP contribution is 2.59. The Balaban J connectivity index is 1.95. The van der Waals surface area contributed by atoms with Crippen LogP contribution in [0.2, 0.25) is 0 Å². The Morgan fingerprint density at radius 2 is 2.38 bits per heavy atom. The number of aliphatic hydroxyl groups excluding tert-OH is 1. The van der Waals surface area contributed by atoms with Crippen molar-refractivity contribution in [1.29, 1.82) is 0 Å². The van der Waals surface area contributed by atoms with Crippen LogP contribution in [0, 0.1) is 0 Å².